The number of nitrogens with zero attached hydrogens (tertiary/aromatic N) is 2. The Labute approximate surface area is 180 Å². The maximum atomic E-state index is 12.7. The van der Waals surface area contributed by atoms with E-state index in [2.05, 4.69) is 15.3 Å². The zero-order valence-electron chi connectivity index (χ0n) is 16.6. The number of hydrogen-bond acceptors (Lipinski definition) is 6. The fourth-order valence-corrected chi connectivity index (χ4v) is 4.20. The van der Waals surface area contributed by atoms with E-state index >= 15 is 0 Å². The lowest BCUT2D eigenvalue weighted by molar-refractivity contribution is -0.115. The number of amides is 1. The second-order valence-electron chi connectivity index (χ2n) is 6.62. The molecule has 0 aliphatic rings. The number of hydrogen-bond donors (Lipinski definition) is 2. The Morgan fingerprint density at radius 2 is 1.77 bits per heavy atom. The van der Waals surface area contributed by atoms with Crippen molar-refractivity contribution in [2.45, 2.75) is 35.6 Å². The Kier molecular flexibility index (Phi) is 6.86. The van der Waals surface area contributed by atoms with Crippen molar-refractivity contribution >= 4 is 33.4 Å². The fourth-order valence-electron chi connectivity index (χ4n) is 2.75. The Morgan fingerprint density at radius 1 is 1.10 bits per heavy atom. The molecule has 0 saturated heterocycles. The summed E-state index contributed by atoms with van der Waals surface area (Å²) in [5.74, 6) is -0.211. The fraction of sp³-hybridized carbons (Fsp3) is 0.190. The highest BCUT2D eigenvalue weighted by Gasteiger charge is 2.20. The van der Waals surface area contributed by atoms with Crippen LogP contribution >= 0.6 is 11.8 Å². The van der Waals surface area contributed by atoms with Gasteiger partial charge >= 0.3 is 0 Å². The minimum atomic E-state index is -3.77. The summed E-state index contributed by atoms with van der Waals surface area (Å²) < 4.78 is 22.7. The Morgan fingerprint density at radius 3 is 2.37 bits per heavy atom. The van der Waals surface area contributed by atoms with Gasteiger partial charge in [-0.05, 0) is 43.7 Å². The summed E-state index contributed by atoms with van der Waals surface area (Å²) in [6, 6.07) is 17.4. The van der Waals surface area contributed by atoms with Crippen LogP contribution in [0.1, 0.15) is 19.0 Å². The van der Waals surface area contributed by atoms with Crippen LogP contribution in [0.25, 0.3) is 11.3 Å². The summed E-state index contributed by atoms with van der Waals surface area (Å²) in [5.41, 5.74) is 3.10. The third-order valence-electron chi connectivity index (χ3n) is 4.26. The lowest BCUT2D eigenvalue weighted by atomic mass is 10.1. The van der Waals surface area contributed by atoms with Gasteiger partial charge in [0.05, 0.1) is 15.8 Å². The van der Waals surface area contributed by atoms with Crippen molar-refractivity contribution in [1.82, 2.24) is 9.97 Å². The van der Waals surface area contributed by atoms with Crippen LogP contribution in [0.3, 0.4) is 0 Å². The second-order valence-corrected chi connectivity index (χ2v) is 9.35. The van der Waals surface area contributed by atoms with Gasteiger partial charge in [-0.15, -0.1) is 0 Å². The van der Waals surface area contributed by atoms with Gasteiger partial charge in [-0.1, -0.05) is 49.0 Å². The number of carbonyl (C=O) groups excluding carboxylic acids is 1. The van der Waals surface area contributed by atoms with Gasteiger partial charge in [-0.25, -0.2) is 23.5 Å². The molecule has 30 heavy (non-hydrogen) atoms. The topological polar surface area (TPSA) is 115 Å². The summed E-state index contributed by atoms with van der Waals surface area (Å²) in [5, 5.41) is 8.02. The molecule has 0 spiro atoms. The van der Waals surface area contributed by atoms with Crippen LogP contribution in [0.2, 0.25) is 0 Å². The summed E-state index contributed by atoms with van der Waals surface area (Å²) in [4.78, 5) is 21.8. The van der Waals surface area contributed by atoms with Crippen molar-refractivity contribution in [3.8, 4) is 11.3 Å². The molecule has 0 fully saturated rings. The maximum Gasteiger partial charge on any atom is 0.238 e. The van der Waals surface area contributed by atoms with Gasteiger partial charge < -0.3 is 5.32 Å². The molecule has 0 aliphatic heterocycles. The molecule has 156 valence electrons. The molecule has 1 atom stereocenters. The lowest BCUT2D eigenvalue weighted by Crippen LogP contribution is -2.25. The zero-order chi connectivity index (χ0) is 21.7. The number of carbonyl (C=O) groups is 1. The van der Waals surface area contributed by atoms with Crippen molar-refractivity contribution < 1.29 is 13.2 Å². The van der Waals surface area contributed by atoms with Crippen LogP contribution in [-0.4, -0.2) is 29.5 Å². The molecular formula is C21H22N4O3S2. The molecule has 3 N–H and O–H groups in total. The van der Waals surface area contributed by atoms with E-state index in [0.29, 0.717) is 17.3 Å². The van der Waals surface area contributed by atoms with Crippen molar-refractivity contribution in [3.05, 3.63) is 66.4 Å². The van der Waals surface area contributed by atoms with Crippen molar-refractivity contribution in [2.24, 2.45) is 5.14 Å². The Hall–Kier alpha value is -2.75. The predicted octanol–water partition coefficient (Wildman–Crippen LogP) is 3.61. The van der Waals surface area contributed by atoms with E-state index in [1.165, 1.54) is 36.0 Å². The number of primary sulfonamides is 1. The van der Waals surface area contributed by atoms with Gasteiger partial charge in [0.15, 0.2) is 5.16 Å². The first kappa shape index (κ1) is 21.9. The van der Waals surface area contributed by atoms with Gasteiger partial charge in [0.25, 0.3) is 0 Å². The minimum Gasteiger partial charge on any atom is -0.325 e. The highest BCUT2D eigenvalue weighted by Crippen LogP contribution is 2.27. The predicted molar refractivity (Wildman–Crippen MR) is 119 cm³/mol. The molecule has 2 aromatic carbocycles. The molecule has 7 nitrogen and oxygen atoms in total. The zero-order valence-corrected chi connectivity index (χ0v) is 18.2. The minimum absolute atomic E-state index is 0.0106. The summed E-state index contributed by atoms with van der Waals surface area (Å²) in [6.07, 6.45) is 0.573. The number of sulfonamides is 1. The molecule has 9 heteroatoms. The summed E-state index contributed by atoms with van der Waals surface area (Å²) >= 11 is 1.30. The normalized spacial score (nSPS) is 12.4. The quantitative estimate of drug-likeness (QED) is 0.427. The van der Waals surface area contributed by atoms with E-state index in [4.69, 9.17) is 5.14 Å². The Balaban J connectivity index is 1.75. The SMILES string of the molecule is CCC(Sc1nc(C)cc(-c2ccccc2)n1)C(=O)Nc1ccc(S(N)(=O)=O)cc1. The van der Waals surface area contributed by atoms with Crippen LogP contribution in [0.4, 0.5) is 5.69 Å². The first-order valence-electron chi connectivity index (χ1n) is 9.27. The van der Waals surface area contributed by atoms with Crippen LogP contribution in [0.5, 0.6) is 0 Å². The van der Waals surface area contributed by atoms with Gasteiger partial charge in [-0.3, -0.25) is 4.79 Å². The molecule has 1 unspecified atom stereocenters. The lowest BCUT2D eigenvalue weighted by Gasteiger charge is -2.15. The number of benzene rings is 2. The van der Waals surface area contributed by atoms with E-state index in [1.807, 2.05) is 50.2 Å². The van der Waals surface area contributed by atoms with Gasteiger partial charge in [0, 0.05) is 16.9 Å². The van der Waals surface area contributed by atoms with Crippen molar-refractivity contribution in [3.63, 3.8) is 0 Å². The standard InChI is InChI=1S/C21H22N4O3S2/c1-3-19(20(26)24-16-9-11-17(12-10-16)30(22,27)28)29-21-23-14(2)13-18(25-21)15-7-5-4-6-8-15/h4-13,19H,3H2,1-2H3,(H,24,26)(H2,22,27,28). The van der Waals surface area contributed by atoms with Crippen molar-refractivity contribution in [1.29, 1.82) is 0 Å². The smallest absolute Gasteiger partial charge is 0.238 e. The van der Waals surface area contributed by atoms with Crippen LogP contribution < -0.4 is 10.5 Å². The second kappa shape index (κ2) is 9.38. The highest BCUT2D eigenvalue weighted by atomic mass is 32.2. The van der Waals surface area contributed by atoms with Crippen molar-refractivity contribution in [2.75, 3.05) is 5.32 Å². The molecule has 3 rings (SSSR count). The van der Waals surface area contributed by atoms with E-state index in [0.717, 1.165) is 17.0 Å². The highest BCUT2D eigenvalue weighted by molar-refractivity contribution is 8.00. The number of thioether (sulfide) groups is 1. The molecule has 3 aromatic rings. The van der Waals surface area contributed by atoms with E-state index < -0.39 is 15.3 Å². The summed E-state index contributed by atoms with van der Waals surface area (Å²) in [7, 11) is -3.77. The largest absolute Gasteiger partial charge is 0.325 e. The summed E-state index contributed by atoms with van der Waals surface area (Å²) in [6.45, 7) is 3.81. The van der Waals surface area contributed by atoms with Gasteiger partial charge in [0.2, 0.25) is 15.9 Å². The number of nitrogens with two attached hydrogens (primary N) is 1. The molecule has 1 heterocycles. The molecular weight excluding hydrogens is 420 g/mol. The average Bonchev–Trinajstić information content (AvgIpc) is 2.72. The van der Waals surface area contributed by atoms with E-state index in [9.17, 15) is 13.2 Å². The van der Waals surface area contributed by atoms with Gasteiger partial charge in [-0.2, -0.15) is 0 Å². The molecule has 1 aromatic heterocycles. The third kappa shape index (κ3) is 5.65. The maximum absolute atomic E-state index is 12.7. The Bertz CT molecular complexity index is 1130. The van der Waals surface area contributed by atoms with Crippen LogP contribution in [0.15, 0.2) is 70.7 Å². The number of aryl methyl sites for hydroxylation is 1. The van der Waals surface area contributed by atoms with Crippen LogP contribution in [0, 0.1) is 6.92 Å². The monoisotopic (exact) mass is 442 g/mol. The number of nitrogens with one attached hydrogen (secondary N) is 1. The van der Waals surface area contributed by atoms with E-state index in [-0.39, 0.29) is 10.8 Å². The first-order chi connectivity index (χ1) is 14.3. The number of rotatable bonds is 7. The third-order valence-corrected chi connectivity index (χ3v) is 6.42. The molecule has 1 amide bonds. The number of anilines is 1. The van der Waals surface area contributed by atoms with E-state index in [1.54, 1.807) is 0 Å². The van der Waals surface area contributed by atoms with Crippen LogP contribution in [-0.2, 0) is 14.8 Å². The molecule has 0 aliphatic carbocycles. The average molecular weight is 443 g/mol. The first-order valence-corrected chi connectivity index (χ1v) is 11.7. The molecule has 0 radical (unpaired) electrons. The molecule has 0 saturated carbocycles. The van der Waals surface area contributed by atoms with Gasteiger partial charge in [0.1, 0.15) is 0 Å². The molecule has 0 bridgehead atoms. The number of aromatic nitrogens is 2.